The van der Waals surface area contributed by atoms with Crippen molar-refractivity contribution in [3.63, 3.8) is 0 Å². The Balaban J connectivity index is 1.50. The Labute approximate surface area is 261 Å². The molecule has 0 spiro atoms. The largest absolute Gasteiger partial charge is 0.358 e. The number of carbonyl (C=O) groups is 2. The van der Waals surface area contributed by atoms with E-state index in [-0.39, 0.29) is 30.4 Å². The summed E-state index contributed by atoms with van der Waals surface area (Å²) < 4.78 is 24.7. The number of rotatable bonds is 12. The van der Waals surface area contributed by atoms with Crippen molar-refractivity contribution in [1.29, 1.82) is 0 Å². The summed E-state index contributed by atoms with van der Waals surface area (Å²) in [6.45, 7) is 10.7. The van der Waals surface area contributed by atoms with Crippen LogP contribution in [0.1, 0.15) is 74.4 Å². The van der Waals surface area contributed by atoms with Crippen LogP contribution in [0.3, 0.4) is 0 Å². The first-order valence-electron chi connectivity index (χ1n) is 15.3. The molecule has 0 bridgehead atoms. The first-order valence-corrected chi connectivity index (χ1v) is 18.4. The van der Waals surface area contributed by atoms with Crippen molar-refractivity contribution >= 4 is 27.7 Å². The first-order chi connectivity index (χ1) is 20.7. The van der Waals surface area contributed by atoms with Gasteiger partial charge in [-0.1, -0.05) is 19.8 Å². The Morgan fingerprint density at radius 1 is 1.11 bits per heavy atom. The van der Waals surface area contributed by atoms with E-state index in [0.717, 1.165) is 37.1 Å². The second-order valence-corrected chi connectivity index (χ2v) is 17.7. The lowest BCUT2D eigenvalue weighted by Crippen LogP contribution is -2.49. The predicted octanol–water partition coefficient (Wildman–Crippen LogP) is 5.71. The molecule has 44 heavy (non-hydrogen) atoms. The van der Waals surface area contributed by atoms with Gasteiger partial charge in [0.25, 0.3) is 5.91 Å². The van der Waals surface area contributed by atoms with Crippen LogP contribution in [0.5, 0.6) is 0 Å². The van der Waals surface area contributed by atoms with Crippen LogP contribution in [0.15, 0.2) is 24.4 Å². The fourth-order valence-electron chi connectivity index (χ4n) is 5.70. The van der Waals surface area contributed by atoms with E-state index >= 15 is 4.39 Å². The van der Waals surface area contributed by atoms with E-state index in [4.69, 9.17) is 4.74 Å². The number of nitrogens with one attached hydrogen (secondary N) is 2. The molecule has 10 nitrogen and oxygen atoms in total. The quantitative estimate of drug-likeness (QED) is 0.196. The molecule has 242 valence electrons. The number of halogens is 1. The number of amides is 2. The van der Waals surface area contributed by atoms with E-state index in [1.807, 2.05) is 27.7 Å². The van der Waals surface area contributed by atoms with Gasteiger partial charge in [-0.2, -0.15) is 14.6 Å². The second kappa shape index (κ2) is 14.2. The smallest absolute Gasteiger partial charge is 0.270 e. The topological polar surface area (TPSA) is 116 Å². The number of nitrogens with zero attached hydrogens (tertiary/aromatic N) is 5. The van der Waals surface area contributed by atoms with Crippen molar-refractivity contribution in [3.05, 3.63) is 47.4 Å². The van der Waals surface area contributed by atoms with Gasteiger partial charge in [-0.25, -0.2) is 19.7 Å². The maximum atomic E-state index is 15.5. The van der Waals surface area contributed by atoms with Crippen molar-refractivity contribution in [2.45, 2.75) is 79.1 Å². The maximum absolute atomic E-state index is 15.5. The Kier molecular flexibility index (Phi) is 10.9. The Morgan fingerprint density at radius 2 is 1.82 bits per heavy atom. The lowest BCUT2D eigenvalue weighted by atomic mass is 9.79. The zero-order valence-electron chi connectivity index (χ0n) is 27.3. The highest BCUT2D eigenvalue weighted by molar-refractivity contribution is 8.32. The van der Waals surface area contributed by atoms with Gasteiger partial charge < -0.3 is 15.4 Å². The predicted molar refractivity (Wildman–Crippen MR) is 175 cm³/mol. The zero-order valence-corrected chi connectivity index (χ0v) is 28.1. The van der Waals surface area contributed by atoms with Crippen LogP contribution in [0.4, 0.5) is 10.2 Å². The number of pyridine rings is 1. The van der Waals surface area contributed by atoms with E-state index < -0.39 is 27.9 Å². The van der Waals surface area contributed by atoms with Crippen molar-refractivity contribution in [2.24, 2.45) is 11.8 Å². The monoisotopic (exact) mass is 629 g/mol. The summed E-state index contributed by atoms with van der Waals surface area (Å²) in [6.07, 6.45) is 11.9. The molecule has 1 fully saturated rings. The molecule has 12 heteroatoms. The van der Waals surface area contributed by atoms with Crippen LogP contribution >= 0.6 is 10.0 Å². The van der Waals surface area contributed by atoms with Gasteiger partial charge in [0, 0.05) is 34.8 Å². The minimum atomic E-state index is -0.794. The van der Waals surface area contributed by atoms with E-state index in [1.165, 1.54) is 0 Å². The maximum Gasteiger partial charge on any atom is 0.270 e. The first kappa shape index (κ1) is 33.6. The molecule has 2 amide bonds. The molecule has 1 saturated carbocycles. The van der Waals surface area contributed by atoms with Gasteiger partial charge in [0.15, 0.2) is 0 Å². The standard InChI is InChI=1S/C32H48FN7O3S/c1-20(2)40-26(15-16-34-40)31(41)37-29(24-11-9-21(3)10-12-24)32(42)36-27-14-13-25(30(33)35-27)28-22(4)38-39(23(28)5)19-43-17-18-44(6,7)8/h13-16,20-21,24,29H,9-12,17-19H2,1-8H3,(H,37,41)(H,35,36,42)/t21?,24?,29-/m0/s1. The van der Waals surface area contributed by atoms with Gasteiger partial charge >= 0.3 is 0 Å². The van der Waals surface area contributed by atoms with Crippen LogP contribution in [-0.2, 0) is 16.3 Å². The molecule has 0 aliphatic heterocycles. The molecule has 0 radical (unpaired) electrons. The van der Waals surface area contributed by atoms with Crippen LogP contribution < -0.4 is 10.6 Å². The Bertz CT molecular complexity index is 1450. The number of carbonyl (C=O) groups excluding carboxylic acids is 2. The highest BCUT2D eigenvalue weighted by atomic mass is 32.3. The van der Waals surface area contributed by atoms with Crippen molar-refractivity contribution < 1.29 is 18.7 Å². The normalized spacial score (nSPS) is 18.3. The summed E-state index contributed by atoms with van der Waals surface area (Å²) in [4.78, 5) is 31.1. The summed E-state index contributed by atoms with van der Waals surface area (Å²) in [5, 5.41) is 14.6. The summed E-state index contributed by atoms with van der Waals surface area (Å²) >= 11 is 0. The zero-order chi connectivity index (χ0) is 32.2. The van der Waals surface area contributed by atoms with Crippen LogP contribution in [0, 0.1) is 31.6 Å². The minimum Gasteiger partial charge on any atom is -0.358 e. The highest BCUT2D eigenvalue weighted by Gasteiger charge is 2.34. The van der Waals surface area contributed by atoms with Crippen LogP contribution in [-0.4, -0.2) is 73.5 Å². The lowest BCUT2D eigenvalue weighted by molar-refractivity contribution is -0.119. The number of ether oxygens (including phenoxy) is 1. The molecule has 1 aliphatic carbocycles. The van der Waals surface area contributed by atoms with E-state index in [0.29, 0.717) is 35.0 Å². The molecule has 2 N–H and O–H groups in total. The molecule has 0 unspecified atom stereocenters. The second-order valence-electron chi connectivity index (χ2n) is 13.1. The molecular weight excluding hydrogens is 581 g/mol. The lowest BCUT2D eigenvalue weighted by Gasteiger charge is -2.32. The molecule has 3 heterocycles. The van der Waals surface area contributed by atoms with Crippen LogP contribution in [0.2, 0.25) is 0 Å². The summed E-state index contributed by atoms with van der Waals surface area (Å²) in [6, 6.07) is 4.04. The average Bonchev–Trinajstić information content (AvgIpc) is 3.55. The molecule has 0 aromatic carbocycles. The van der Waals surface area contributed by atoms with Gasteiger partial charge in [-0.3, -0.25) is 14.3 Å². The summed E-state index contributed by atoms with van der Waals surface area (Å²) in [5.41, 5.74) is 2.79. The van der Waals surface area contributed by atoms with Gasteiger partial charge in [0.2, 0.25) is 11.9 Å². The van der Waals surface area contributed by atoms with Crippen LogP contribution in [0.25, 0.3) is 11.1 Å². The summed E-state index contributed by atoms with van der Waals surface area (Å²) in [7, 11) is -0.655. The van der Waals surface area contributed by atoms with Crippen molar-refractivity contribution in [2.75, 3.05) is 36.4 Å². The minimum absolute atomic E-state index is 0.0134. The van der Waals surface area contributed by atoms with E-state index in [9.17, 15) is 9.59 Å². The molecule has 1 aliphatic rings. The van der Waals surface area contributed by atoms with Crippen molar-refractivity contribution in [1.82, 2.24) is 29.9 Å². The van der Waals surface area contributed by atoms with Gasteiger partial charge in [0.1, 0.15) is 24.3 Å². The fourth-order valence-corrected chi connectivity index (χ4v) is 6.32. The number of anilines is 1. The van der Waals surface area contributed by atoms with E-state index in [2.05, 4.69) is 51.5 Å². The van der Waals surface area contributed by atoms with Gasteiger partial charge in [-0.05, 0) is 89.3 Å². The molecule has 3 aromatic heterocycles. The number of hydrogen-bond acceptors (Lipinski definition) is 6. The molecule has 4 rings (SSSR count). The number of aromatic nitrogens is 5. The molecule has 1 atom stereocenters. The highest BCUT2D eigenvalue weighted by Crippen LogP contribution is 2.34. The molecular formula is C32H48FN7O3S. The molecule has 3 aromatic rings. The Hall–Kier alpha value is -3.25. The molecule has 0 saturated heterocycles. The third-order valence-corrected chi connectivity index (χ3v) is 9.69. The fraction of sp³-hybridized carbons (Fsp3) is 0.594. The van der Waals surface area contributed by atoms with Gasteiger partial charge in [-0.15, -0.1) is 0 Å². The number of aryl methyl sites for hydroxylation is 1. The number of hydrogen-bond donors (Lipinski definition) is 2. The van der Waals surface area contributed by atoms with E-state index in [1.54, 1.807) is 33.8 Å². The summed E-state index contributed by atoms with van der Waals surface area (Å²) in [5.74, 6) is 0.124. The Morgan fingerprint density at radius 3 is 2.45 bits per heavy atom. The average molecular weight is 630 g/mol. The van der Waals surface area contributed by atoms with Gasteiger partial charge in [0.05, 0.1) is 12.3 Å². The third kappa shape index (κ3) is 8.26. The third-order valence-electron chi connectivity index (χ3n) is 8.30. The van der Waals surface area contributed by atoms with Crippen molar-refractivity contribution in [3.8, 4) is 11.1 Å². The SMILES string of the molecule is Cc1nn(COCCS(C)(C)C)c(C)c1-c1ccc(NC(=O)[C@@H](NC(=O)c2ccnn2C(C)C)C2CCC(C)CC2)nc1F.